The van der Waals surface area contributed by atoms with Crippen molar-refractivity contribution in [3.8, 4) is 0 Å². The summed E-state index contributed by atoms with van der Waals surface area (Å²) in [5.74, 6) is 0. The third kappa shape index (κ3) is 2.89. The molecule has 1 heterocycles. The lowest BCUT2D eigenvalue weighted by Crippen LogP contribution is -2.23. The minimum atomic E-state index is -4.27. The van der Waals surface area contributed by atoms with Gasteiger partial charge in [-0.2, -0.15) is 13.2 Å². The van der Waals surface area contributed by atoms with E-state index in [2.05, 4.69) is 22.8 Å². The van der Waals surface area contributed by atoms with E-state index in [9.17, 15) is 13.2 Å². The van der Waals surface area contributed by atoms with Crippen LogP contribution in [0.4, 0.5) is 24.5 Å². The Morgan fingerprint density at radius 2 is 1.38 bits per heavy atom. The summed E-state index contributed by atoms with van der Waals surface area (Å²) in [5, 5.41) is 9.07. The van der Waals surface area contributed by atoms with Gasteiger partial charge in [-0.25, -0.2) is 0 Å². The second kappa shape index (κ2) is 5.63. The van der Waals surface area contributed by atoms with Gasteiger partial charge in [0.05, 0.1) is 0 Å². The second-order valence-corrected chi connectivity index (χ2v) is 6.69. The normalized spacial score (nSPS) is 14.3. The van der Waals surface area contributed by atoms with Crippen molar-refractivity contribution in [3.05, 3.63) is 66.2 Å². The van der Waals surface area contributed by atoms with Crippen LogP contribution in [-0.2, 0) is 0 Å². The lowest BCUT2D eigenvalue weighted by Gasteiger charge is -2.29. The Morgan fingerprint density at radius 1 is 0.792 bits per heavy atom. The number of alkyl halides is 3. The quantitative estimate of drug-likeness (QED) is 0.558. The Bertz CT molecular complexity index is 850. The molecule has 0 saturated carbocycles. The highest BCUT2D eigenvalue weighted by molar-refractivity contribution is 8.00. The predicted molar refractivity (Wildman–Crippen MR) is 92.3 cm³/mol. The van der Waals surface area contributed by atoms with E-state index >= 15 is 0 Å². The number of hydrogen-bond acceptors (Lipinski definition) is 3. The van der Waals surface area contributed by atoms with E-state index in [0.717, 1.165) is 27.7 Å². The Balaban J connectivity index is 1.63. The van der Waals surface area contributed by atoms with Crippen LogP contribution in [0, 0.1) is 0 Å². The molecule has 0 unspecified atom stereocenters. The summed E-state index contributed by atoms with van der Waals surface area (Å²) in [6.07, 6.45) is -0.185. The van der Waals surface area contributed by atoms with Gasteiger partial charge < -0.3 is 10.6 Å². The minimum Gasteiger partial charge on any atom is -0.361 e. The van der Waals surface area contributed by atoms with Gasteiger partial charge in [-0.05, 0) is 47.0 Å². The van der Waals surface area contributed by atoms with Crippen LogP contribution in [0.25, 0.3) is 10.8 Å². The van der Waals surface area contributed by atoms with Crippen LogP contribution < -0.4 is 10.6 Å². The van der Waals surface area contributed by atoms with Crippen LogP contribution in [0.2, 0.25) is 0 Å². The van der Waals surface area contributed by atoms with E-state index in [1.165, 1.54) is 12.1 Å². The van der Waals surface area contributed by atoms with Gasteiger partial charge in [-0.1, -0.05) is 36.4 Å². The van der Waals surface area contributed by atoms with Crippen molar-refractivity contribution in [2.45, 2.75) is 16.6 Å². The smallest absolute Gasteiger partial charge is 0.361 e. The van der Waals surface area contributed by atoms with Crippen LogP contribution in [0.3, 0.4) is 0 Å². The maximum Gasteiger partial charge on any atom is 0.446 e. The van der Waals surface area contributed by atoms with Crippen molar-refractivity contribution in [3.63, 3.8) is 0 Å². The molecule has 3 aromatic rings. The topological polar surface area (TPSA) is 24.1 Å². The molecule has 2 N–H and O–H groups in total. The Kier molecular flexibility index (Phi) is 3.57. The maximum absolute atomic E-state index is 12.4. The number of anilines is 2. The highest BCUT2D eigenvalue weighted by Gasteiger charge is 2.29. The van der Waals surface area contributed by atoms with Gasteiger partial charge in [0, 0.05) is 21.7 Å². The molecule has 1 aliphatic rings. The van der Waals surface area contributed by atoms with Gasteiger partial charge >= 0.3 is 5.51 Å². The van der Waals surface area contributed by atoms with E-state index in [1.807, 2.05) is 24.3 Å². The molecule has 0 radical (unpaired) electrons. The molecular formula is C18H13F3N2S. The number of benzene rings is 3. The monoisotopic (exact) mass is 346 g/mol. The first-order valence-electron chi connectivity index (χ1n) is 7.40. The fourth-order valence-corrected chi connectivity index (χ4v) is 3.50. The molecular weight excluding hydrogens is 333 g/mol. The molecule has 122 valence electrons. The van der Waals surface area contributed by atoms with Gasteiger partial charge in [0.1, 0.15) is 6.17 Å². The molecule has 0 aliphatic carbocycles. The SMILES string of the molecule is FC(F)(F)Sc1ccc(C2Nc3cccc4cccc(c34)N2)cc1. The van der Waals surface area contributed by atoms with Crippen molar-refractivity contribution in [2.24, 2.45) is 0 Å². The number of hydrogen-bond donors (Lipinski definition) is 2. The van der Waals surface area contributed by atoms with Crippen molar-refractivity contribution < 1.29 is 13.2 Å². The van der Waals surface area contributed by atoms with E-state index in [0.29, 0.717) is 0 Å². The van der Waals surface area contributed by atoms with Gasteiger partial charge in [0.25, 0.3) is 0 Å². The number of nitrogens with one attached hydrogen (secondary N) is 2. The lowest BCUT2D eigenvalue weighted by molar-refractivity contribution is -0.0328. The van der Waals surface area contributed by atoms with Crippen molar-refractivity contribution in [1.82, 2.24) is 0 Å². The van der Waals surface area contributed by atoms with Crippen molar-refractivity contribution in [2.75, 3.05) is 10.6 Å². The number of rotatable bonds is 2. The molecule has 2 nitrogen and oxygen atoms in total. The molecule has 24 heavy (non-hydrogen) atoms. The third-order valence-electron chi connectivity index (χ3n) is 3.95. The number of thioether (sulfide) groups is 1. The molecule has 0 fully saturated rings. The van der Waals surface area contributed by atoms with E-state index in [4.69, 9.17) is 0 Å². The standard InChI is InChI=1S/C18H13F3N2S/c19-18(20,21)24-13-9-7-12(8-10-13)17-22-14-5-1-3-11-4-2-6-15(23-17)16(11)14/h1-10,17,22-23H. The maximum atomic E-state index is 12.4. The first kappa shape index (κ1) is 15.2. The van der Waals surface area contributed by atoms with Gasteiger partial charge in [-0.3, -0.25) is 0 Å². The van der Waals surface area contributed by atoms with E-state index in [1.54, 1.807) is 12.1 Å². The Morgan fingerprint density at radius 3 is 1.92 bits per heavy atom. The summed E-state index contributed by atoms with van der Waals surface area (Å²) in [6, 6.07) is 18.5. The summed E-state index contributed by atoms with van der Waals surface area (Å²) >= 11 is -0.101. The summed E-state index contributed by atoms with van der Waals surface area (Å²) in [7, 11) is 0. The molecule has 1 aliphatic heterocycles. The third-order valence-corrected chi connectivity index (χ3v) is 4.69. The van der Waals surface area contributed by atoms with Crippen molar-refractivity contribution >= 4 is 33.9 Å². The van der Waals surface area contributed by atoms with E-state index < -0.39 is 5.51 Å². The van der Waals surface area contributed by atoms with Crippen LogP contribution in [0.5, 0.6) is 0 Å². The average Bonchev–Trinajstić information content (AvgIpc) is 2.54. The van der Waals surface area contributed by atoms with Gasteiger partial charge in [-0.15, -0.1) is 0 Å². The highest BCUT2D eigenvalue weighted by Crippen LogP contribution is 2.40. The molecule has 6 heteroatoms. The van der Waals surface area contributed by atoms with Gasteiger partial charge in [0.2, 0.25) is 0 Å². The summed E-state index contributed by atoms with van der Waals surface area (Å²) in [4.78, 5) is 0.185. The largest absolute Gasteiger partial charge is 0.446 e. The lowest BCUT2D eigenvalue weighted by atomic mass is 10.0. The fourth-order valence-electron chi connectivity index (χ4n) is 2.96. The Hall–Kier alpha value is -2.34. The average molecular weight is 346 g/mol. The molecule has 0 amide bonds. The Labute approximate surface area is 141 Å². The van der Waals surface area contributed by atoms with Gasteiger partial charge in [0.15, 0.2) is 0 Å². The van der Waals surface area contributed by atoms with Crippen LogP contribution >= 0.6 is 11.8 Å². The summed E-state index contributed by atoms with van der Waals surface area (Å²) in [6.45, 7) is 0. The zero-order valence-electron chi connectivity index (χ0n) is 12.4. The highest BCUT2D eigenvalue weighted by atomic mass is 32.2. The minimum absolute atomic E-state index is 0.101. The van der Waals surface area contributed by atoms with Crippen LogP contribution in [-0.4, -0.2) is 5.51 Å². The van der Waals surface area contributed by atoms with E-state index in [-0.39, 0.29) is 22.8 Å². The second-order valence-electron chi connectivity index (χ2n) is 5.55. The zero-order chi connectivity index (χ0) is 16.7. The summed E-state index contributed by atoms with van der Waals surface area (Å²) < 4.78 is 37.3. The van der Waals surface area contributed by atoms with Crippen LogP contribution in [0.15, 0.2) is 65.6 Å². The molecule has 0 bridgehead atoms. The molecule has 0 atom stereocenters. The molecule has 0 aromatic heterocycles. The zero-order valence-corrected chi connectivity index (χ0v) is 13.2. The van der Waals surface area contributed by atoms with Crippen molar-refractivity contribution in [1.29, 1.82) is 0 Å². The molecule has 3 aromatic carbocycles. The molecule has 0 spiro atoms. The predicted octanol–water partition coefficient (Wildman–Crippen LogP) is 5.99. The summed E-state index contributed by atoms with van der Waals surface area (Å²) in [5.41, 5.74) is -1.36. The fraction of sp³-hybridized carbons (Fsp3) is 0.111. The van der Waals surface area contributed by atoms with Crippen LogP contribution in [0.1, 0.15) is 11.7 Å². The first-order valence-corrected chi connectivity index (χ1v) is 8.22. The molecule has 4 rings (SSSR count). The first-order chi connectivity index (χ1) is 11.5. The number of halogens is 3. The molecule has 0 saturated heterocycles.